The minimum absolute atomic E-state index is 0.00823. The molecule has 5 rings (SSSR count). The van der Waals surface area contributed by atoms with Crippen molar-refractivity contribution in [2.75, 3.05) is 0 Å². The van der Waals surface area contributed by atoms with Crippen LogP contribution in [0.25, 0.3) is 0 Å². The van der Waals surface area contributed by atoms with E-state index in [9.17, 15) is 10.2 Å². The molecule has 0 aromatic heterocycles. The Morgan fingerprint density at radius 3 is 2.09 bits per heavy atom. The van der Waals surface area contributed by atoms with Gasteiger partial charge in [-0.1, -0.05) is 34.6 Å². The highest BCUT2D eigenvalue weighted by Crippen LogP contribution is 2.69. The summed E-state index contributed by atoms with van der Waals surface area (Å²) in [6.07, 6.45) is 5.01. The van der Waals surface area contributed by atoms with E-state index in [1.54, 1.807) is 0 Å². The van der Waals surface area contributed by atoms with Crippen molar-refractivity contribution in [3.8, 4) is 0 Å². The molecule has 5 nitrogen and oxygen atoms in total. The van der Waals surface area contributed by atoms with Gasteiger partial charge in [0.25, 0.3) is 0 Å². The minimum Gasteiger partial charge on any atom is -0.413 e. The Morgan fingerprint density at radius 2 is 1.44 bits per heavy atom. The SMILES string of the molecule is CC1(C)O[C@@H]2C3C(CC[C@@]4(C)C3CC[C@@H]4O[Si](C)(C)C(C)(C)C)[C@@]3(C)C[C@@H](O)[C@H](O)CC3[C@H]2O1. The van der Waals surface area contributed by atoms with Crippen molar-refractivity contribution >= 4 is 8.32 Å². The number of rotatable bonds is 2. The second-order valence-electron chi connectivity index (χ2n) is 15.0. The molecule has 1 heterocycles. The summed E-state index contributed by atoms with van der Waals surface area (Å²) in [7, 11) is -1.86. The van der Waals surface area contributed by atoms with Crippen LogP contribution in [-0.4, -0.2) is 54.8 Å². The van der Waals surface area contributed by atoms with Crippen molar-refractivity contribution in [2.24, 2.45) is 34.5 Å². The van der Waals surface area contributed by atoms with E-state index in [2.05, 4.69) is 47.7 Å². The van der Waals surface area contributed by atoms with Crippen LogP contribution < -0.4 is 0 Å². The predicted molar refractivity (Wildman–Crippen MR) is 136 cm³/mol. The van der Waals surface area contributed by atoms with Crippen molar-refractivity contribution in [1.82, 2.24) is 0 Å². The molecule has 0 bridgehead atoms. The van der Waals surface area contributed by atoms with Gasteiger partial charge in [-0.05, 0) is 105 Å². The lowest BCUT2D eigenvalue weighted by Crippen LogP contribution is -2.65. The van der Waals surface area contributed by atoms with Gasteiger partial charge in [0, 0.05) is 0 Å². The van der Waals surface area contributed by atoms with E-state index in [0.717, 1.165) is 12.8 Å². The van der Waals surface area contributed by atoms with Crippen molar-refractivity contribution < 1.29 is 24.1 Å². The number of fused-ring (bicyclic) bond motifs is 8. The third-order valence-corrected chi connectivity index (χ3v) is 16.2. The van der Waals surface area contributed by atoms with Crippen LogP contribution in [-0.2, 0) is 13.9 Å². The Morgan fingerprint density at radius 1 is 0.824 bits per heavy atom. The Kier molecular flexibility index (Phi) is 5.86. The first kappa shape index (κ1) is 25.7. The smallest absolute Gasteiger partial charge is 0.192 e. The maximum Gasteiger partial charge on any atom is 0.192 e. The molecule has 1 saturated heterocycles. The monoisotopic (exact) mass is 494 g/mol. The average molecular weight is 495 g/mol. The fourth-order valence-electron chi connectivity index (χ4n) is 8.89. The van der Waals surface area contributed by atoms with E-state index in [1.165, 1.54) is 12.8 Å². The fourth-order valence-corrected chi connectivity index (χ4v) is 10.3. The largest absolute Gasteiger partial charge is 0.413 e. The zero-order valence-electron chi connectivity index (χ0n) is 23.1. The van der Waals surface area contributed by atoms with E-state index in [-0.39, 0.29) is 34.0 Å². The van der Waals surface area contributed by atoms with Crippen LogP contribution in [0, 0.1) is 34.5 Å². The Labute approximate surface area is 208 Å². The summed E-state index contributed by atoms with van der Waals surface area (Å²) < 4.78 is 20.5. The molecule has 0 spiro atoms. The number of ether oxygens (including phenoxy) is 2. The fraction of sp³-hybridized carbons (Fsp3) is 1.00. The third kappa shape index (κ3) is 3.64. The highest BCUT2D eigenvalue weighted by molar-refractivity contribution is 6.74. The standard InChI is InChI=1S/C28H50O5Si/c1-25(2,3)34(8,9)33-21-11-10-16-22-17(12-13-27(16,21)6)28(7)15-20(30)19(29)14-18(28)23-24(22)32-26(4,5)31-23/h16-24,29-30H,10-15H2,1-9H3/t16?,17?,18?,19-,20-,21+,22?,23-,24-,27+,28-/m1/s1. The van der Waals surface area contributed by atoms with Crippen LogP contribution in [0.5, 0.6) is 0 Å². The summed E-state index contributed by atoms with van der Waals surface area (Å²) in [5, 5.41) is 21.6. The van der Waals surface area contributed by atoms with E-state index >= 15 is 0 Å². The van der Waals surface area contributed by atoms with E-state index < -0.39 is 26.3 Å². The molecule has 5 aliphatic rings. The summed E-state index contributed by atoms with van der Waals surface area (Å²) in [5.74, 6) is 1.08. The van der Waals surface area contributed by atoms with Crippen molar-refractivity contribution in [3.05, 3.63) is 0 Å². The van der Waals surface area contributed by atoms with Crippen LogP contribution in [0.2, 0.25) is 18.1 Å². The van der Waals surface area contributed by atoms with Gasteiger partial charge in [-0.2, -0.15) is 0 Å². The summed E-state index contributed by atoms with van der Waals surface area (Å²) in [6, 6.07) is 0. The maximum absolute atomic E-state index is 10.8. The molecule has 5 fully saturated rings. The highest BCUT2D eigenvalue weighted by atomic mass is 28.4. The van der Waals surface area contributed by atoms with Crippen LogP contribution in [0.3, 0.4) is 0 Å². The number of aliphatic hydroxyl groups excluding tert-OH is 2. The zero-order valence-corrected chi connectivity index (χ0v) is 24.1. The minimum atomic E-state index is -1.86. The van der Waals surface area contributed by atoms with E-state index in [4.69, 9.17) is 13.9 Å². The van der Waals surface area contributed by atoms with Gasteiger partial charge in [-0.15, -0.1) is 0 Å². The highest BCUT2D eigenvalue weighted by Gasteiger charge is 2.69. The maximum atomic E-state index is 10.8. The lowest BCUT2D eigenvalue weighted by Gasteiger charge is -2.63. The lowest BCUT2D eigenvalue weighted by molar-refractivity contribution is -0.210. The van der Waals surface area contributed by atoms with Gasteiger partial charge >= 0.3 is 0 Å². The van der Waals surface area contributed by atoms with Gasteiger partial charge in [0.15, 0.2) is 14.1 Å². The summed E-state index contributed by atoms with van der Waals surface area (Å²) in [4.78, 5) is 0. The normalized spacial score (nSPS) is 52.5. The van der Waals surface area contributed by atoms with Crippen LogP contribution in [0.1, 0.15) is 87.0 Å². The molecule has 1 aliphatic heterocycles. The Balaban J connectivity index is 1.50. The molecule has 11 atom stereocenters. The number of hydrogen-bond donors (Lipinski definition) is 2. The molecule has 34 heavy (non-hydrogen) atoms. The zero-order chi connectivity index (χ0) is 25.1. The van der Waals surface area contributed by atoms with E-state index in [1.807, 2.05) is 13.8 Å². The number of hydrogen-bond acceptors (Lipinski definition) is 5. The molecule has 4 aliphatic carbocycles. The molecule has 0 radical (unpaired) electrons. The van der Waals surface area contributed by atoms with Gasteiger partial charge in [-0.3, -0.25) is 0 Å². The molecular formula is C28H50O5Si. The topological polar surface area (TPSA) is 68.2 Å². The third-order valence-electron chi connectivity index (χ3n) is 11.7. The van der Waals surface area contributed by atoms with Crippen molar-refractivity contribution in [2.45, 2.75) is 141 Å². The summed E-state index contributed by atoms with van der Waals surface area (Å²) in [5.41, 5.74) is 0.126. The van der Waals surface area contributed by atoms with Gasteiger partial charge in [0.1, 0.15) is 0 Å². The van der Waals surface area contributed by atoms with E-state index in [0.29, 0.717) is 36.7 Å². The number of aliphatic hydroxyl groups is 2. The summed E-state index contributed by atoms with van der Waals surface area (Å²) in [6.45, 7) is 20.8. The Bertz CT molecular complexity index is 807. The molecule has 4 unspecified atom stereocenters. The van der Waals surface area contributed by atoms with Crippen LogP contribution >= 0.6 is 0 Å². The van der Waals surface area contributed by atoms with Gasteiger partial charge in [0.2, 0.25) is 0 Å². The molecule has 0 amide bonds. The molecule has 196 valence electrons. The van der Waals surface area contributed by atoms with Crippen LogP contribution in [0.4, 0.5) is 0 Å². The Hall–Kier alpha value is 0.0169. The lowest BCUT2D eigenvalue weighted by atomic mass is 9.43. The quantitative estimate of drug-likeness (QED) is 0.497. The van der Waals surface area contributed by atoms with Gasteiger partial charge in [-0.25, -0.2) is 0 Å². The first-order chi connectivity index (χ1) is 15.5. The summed E-state index contributed by atoms with van der Waals surface area (Å²) >= 11 is 0. The van der Waals surface area contributed by atoms with Crippen molar-refractivity contribution in [1.29, 1.82) is 0 Å². The molecule has 0 aromatic rings. The molecule has 6 heteroatoms. The molecule has 2 N–H and O–H groups in total. The molecular weight excluding hydrogens is 444 g/mol. The van der Waals surface area contributed by atoms with Gasteiger partial charge in [0.05, 0.1) is 30.5 Å². The molecule has 4 saturated carbocycles. The molecule has 0 aromatic carbocycles. The average Bonchev–Trinajstić information content (AvgIpc) is 3.18. The second kappa shape index (κ2) is 7.77. The first-order valence-corrected chi connectivity index (χ1v) is 16.8. The predicted octanol–water partition coefficient (Wildman–Crippen LogP) is 5.49. The second-order valence-corrected chi connectivity index (χ2v) is 19.8. The van der Waals surface area contributed by atoms with Crippen molar-refractivity contribution in [3.63, 3.8) is 0 Å². The van der Waals surface area contributed by atoms with Crippen LogP contribution in [0.15, 0.2) is 0 Å². The first-order valence-electron chi connectivity index (χ1n) is 13.9. The van der Waals surface area contributed by atoms with Gasteiger partial charge < -0.3 is 24.1 Å².